The Balaban J connectivity index is 1.26. The van der Waals surface area contributed by atoms with Gasteiger partial charge in [-0.1, -0.05) is 42.1 Å². The molecule has 1 fully saturated rings. The number of nitrogens with zero attached hydrogens (tertiary/aromatic N) is 4. The molecular formula is C22H24F2N6O2S. The Kier molecular flexibility index (Phi) is 7.40. The molecule has 0 saturated carbocycles. The zero-order chi connectivity index (χ0) is 23.2. The number of aromatic nitrogens is 3. The van der Waals surface area contributed by atoms with Gasteiger partial charge in [-0.3, -0.25) is 9.69 Å². The van der Waals surface area contributed by atoms with Crippen molar-refractivity contribution in [1.29, 1.82) is 0 Å². The van der Waals surface area contributed by atoms with E-state index in [2.05, 4.69) is 37.3 Å². The number of carbonyl (C=O) groups is 1. The largest absolute Gasteiger partial charge is 0.435 e. The first-order chi connectivity index (χ1) is 16.0. The molecule has 1 unspecified atom stereocenters. The van der Waals surface area contributed by atoms with Crippen molar-refractivity contribution in [3.63, 3.8) is 0 Å². The monoisotopic (exact) mass is 474 g/mol. The number of carbonyl (C=O) groups excluding carboxylic acids is 1. The zero-order valence-corrected chi connectivity index (χ0v) is 18.5. The summed E-state index contributed by atoms with van der Waals surface area (Å²) in [6, 6.07) is 16.3. The van der Waals surface area contributed by atoms with Crippen LogP contribution in [0.2, 0.25) is 0 Å². The summed E-state index contributed by atoms with van der Waals surface area (Å²) >= 11 is 1.18. The van der Waals surface area contributed by atoms with Crippen molar-refractivity contribution in [3.8, 4) is 17.1 Å². The summed E-state index contributed by atoms with van der Waals surface area (Å²) in [7, 11) is 0. The number of rotatable bonds is 9. The molecule has 1 aliphatic heterocycles. The highest BCUT2D eigenvalue weighted by Gasteiger charge is 2.24. The second-order valence-electron chi connectivity index (χ2n) is 7.64. The average molecular weight is 475 g/mol. The second kappa shape index (κ2) is 10.6. The Morgan fingerprint density at radius 2 is 1.94 bits per heavy atom. The van der Waals surface area contributed by atoms with E-state index in [1.807, 2.05) is 18.2 Å². The minimum absolute atomic E-state index is 0.0392. The van der Waals surface area contributed by atoms with Gasteiger partial charge < -0.3 is 15.9 Å². The van der Waals surface area contributed by atoms with E-state index in [1.54, 1.807) is 12.1 Å². The summed E-state index contributed by atoms with van der Waals surface area (Å²) in [5.74, 6) is 6.54. The SMILES string of the molecule is Nn1c(SCC(=O)NC2CCN(Cc3ccccc3)C2)nnc1-c1ccc(OC(F)F)cc1. The van der Waals surface area contributed by atoms with Gasteiger partial charge in [0.1, 0.15) is 5.75 Å². The third-order valence-electron chi connectivity index (χ3n) is 5.22. The van der Waals surface area contributed by atoms with E-state index in [9.17, 15) is 13.6 Å². The Bertz CT molecular complexity index is 1060. The second-order valence-corrected chi connectivity index (χ2v) is 8.58. The molecule has 11 heteroatoms. The maximum Gasteiger partial charge on any atom is 0.387 e. The van der Waals surface area contributed by atoms with Crippen LogP contribution in [-0.2, 0) is 11.3 Å². The lowest BCUT2D eigenvalue weighted by Gasteiger charge is -2.16. The number of hydrogen-bond acceptors (Lipinski definition) is 7. The van der Waals surface area contributed by atoms with Gasteiger partial charge in [-0.15, -0.1) is 10.2 Å². The molecule has 3 aromatic rings. The van der Waals surface area contributed by atoms with Gasteiger partial charge >= 0.3 is 6.61 Å². The number of nitrogens with one attached hydrogen (secondary N) is 1. The first kappa shape index (κ1) is 23.0. The van der Waals surface area contributed by atoms with Gasteiger partial charge in [0, 0.05) is 31.2 Å². The molecule has 0 radical (unpaired) electrons. The highest BCUT2D eigenvalue weighted by atomic mass is 32.2. The summed E-state index contributed by atoms with van der Waals surface area (Å²) in [5, 5.41) is 11.5. The molecule has 0 aliphatic carbocycles. The number of benzene rings is 2. The number of nitrogens with two attached hydrogens (primary N) is 1. The lowest BCUT2D eigenvalue weighted by molar-refractivity contribution is -0.119. The molecular weight excluding hydrogens is 450 g/mol. The lowest BCUT2D eigenvalue weighted by atomic mass is 10.2. The van der Waals surface area contributed by atoms with E-state index in [4.69, 9.17) is 5.84 Å². The molecule has 0 spiro atoms. The van der Waals surface area contributed by atoms with E-state index in [1.165, 1.54) is 34.1 Å². The molecule has 2 aromatic carbocycles. The van der Waals surface area contributed by atoms with Crippen molar-refractivity contribution >= 4 is 17.7 Å². The smallest absolute Gasteiger partial charge is 0.387 e. The van der Waals surface area contributed by atoms with Crippen LogP contribution in [0.4, 0.5) is 8.78 Å². The van der Waals surface area contributed by atoms with Gasteiger partial charge in [-0.2, -0.15) is 8.78 Å². The third kappa shape index (κ3) is 6.20. The quantitative estimate of drug-likeness (QED) is 0.364. The minimum atomic E-state index is -2.89. The summed E-state index contributed by atoms with van der Waals surface area (Å²) < 4.78 is 30.2. The summed E-state index contributed by atoms with van der Waals surface area (Å²) in [5.41, 5.74) is 1.85. The Hall–Kier alpha value is -3.18. The van der Waals surface area contributed by atoms with Crippen LogP contribution in [0.1, 0.15) is 12.0 Å². The van der Waals surface area contributed by atoms with Crippen molar-refractivity contribution in [2.45, 2.75) is 30.8 Å². The number of ether oxygens (including phenoxy) is 1. The maximum absolute atomic E-state index is 12.4. The Morgan fingerprint density at radius 3 is 2.67 bits per heavy atom. The van der Waals surface area contributed by atoms with Crippen LogP contribution in [0.3, 0.4) is 0 Å². The predicted molar refractivity (Wildman–Crippen MR) is 121 cm³/mol. The molecule has 1 aliphatic rings. The maximum atomic E-state index is 12.4. The molecule has 33 heavy (non-hydrogen) atoms. The molecule has 1 saturated heterocycles. The van der Waals surface area contributed by atoms with Gasteiger partial charge in [0.05, 0.1) is 5.75 Å². The molecule has 4 rings (SSSR count). The minimum Gasteiger partial charge on any atom is -0.435 e. The molecule has 2 heterocycles. The fourth-order valence-electron chi connectivity index (χ4n) is 3.69. The van der Waals surface area contributed by atoms with Gasteiger partial charge in [-0.25, -0.2) is 4.68 Å². The summed E-state index contributed by atoms with van der Waals surface area (Å²) in [4.78, 5) is 14.8. The van der Waals surface area contributed by atoms with E-state index < -0.39 is 6.61 Å². The van der Waals surface area contributed by atoms with Crippen molar-refractivity contribution in [2.75, 3.05) is 24.7 Å². The standard InChI is InChI=1S/C22H24F2N6O2S/c23-21(24)32-18-8-6-16(7-9-18)20-27-28-22(30(20)25)33-14-19(31)26-17-10-11-29(13-17)12-15-4-2-1-3-5-15/h1-9,17,21H,10-14,25H2,(H,26,31). The van der Waals surface area contributed by atoms with E-state index in [-0.39, 0.29) is 23.5 Å². The van der Waals surface area contributed by atoms with Crippen molar-refractivity contribution in [1.82, 2.24) is 25.1 Å². The van der Waals surface area contributed by atoms with Gasteiger partial charge in [0.15, 0.2) is 5.82 Å². The van der Waals surface area contributed by atoms with Gasteiger partial charge in [0.2, 0.25) is 11.1 Å². The lowest BCUT2D eigenvalue weighted by Crippen LogP contribution is -2.38. The highest BCUT2D eigenvalue weighted by Crippen LogP contribution is 2.24. The fourth-order valence-corrected chi connectivity index (χ4v) is 4.36. The van der Waals surface area contributed by atoms with E-state index in [0.717, 1.165) is 26.1 Å². The molecule has 3 N–H and O–H groups in total. The van der Waals surface area contributed by atoms with Crippen LogP contribution in [-0.4, -0.2) is 57.2 Å². The van der Waals surface area contributed by atoms with Crippen molar-refractivity contribution in [2.24, 2.45) is 0 Å². The van der Waals surface area contributed by atoms with Crippen LogP contribution >= 0.6 is 11.8 Å². The number of halogens is 2. The molecule has 1 aromatic heterocycles. The van der Waals surface area contributed by atoms with Crippen LogP contribution in [0.5, 0.6) is 5.75 Å². The first-order valence-electron chi connectivity index (χ1n) is 10.4. The Labute approximate surface area is 194 Å². The molecule has 174 valence electrons. The number of likely N-dealkylation sites (tertiary alicyclic amines) is 1. The number of hydrogen-bond donors (Lipinski definition) is 2. The van der Waals surface area contributed by atoms with Crippen LogP contribution in [0, 0.1) is 0 Å². The number of amides is 1. The van der Waals surface area contributed by atoms with Crippen LogP contribution in [0.15, 0.2) is 59.8 Å². The molecule has 1 atom stereocenters. The number of alkyl halides is 2. The number of thioether (sulfide) groups is 1. The fraction of sp³-hybridized carbons (Fsp3) is 0.318. The number of nitrogen functional groups attached to an aromatic ring is 1. The normalized spacial score (nSPS) is 16.3. The molecule has 1 amide bonds. The van der Waals surface area contributed by atoms with Crippen LogP contribution < -0.4 is 15.9 Å². The van der Waals surface area contributed by atoms with Crippen molar-refractivity contribution in [3.05, 3.63) is 60.2 Å². The molecule has 0 bridgehead atoms. The predicted octanol–water partition coefficient (Wildman–Crippen LogP) is 2.74. The summed E-state index contributed by atoms with van der Waals surface area (Å²) in [6.07, 6.45) is 0.908. The zero-order valence-electron chi connectivity index (χ0n) is 17.7. The Morgan fingerprint density at radius 1 is 1.18 bits per heavy atom. The third-order valence-corrected chi connectivity index (χ3v) is 6.16. The topological polar surface area (TPSA) is 98.3 Å². The average Bonchev–Trinajstić information content (AvgIpc) is 3.39. The van der Waals surface area contributed by atoms with E-state index in [0.29, 0.717) is 16.5 Å². The first-order valence-corrected chi connectivity index (χ1v) is 11.4. The van der Waals surface area contributed by atoms with Gasteiger partial charge in [-0.05, 0) is 36.2 Å². The molecule has 8 nitrogen and oxygen atoms in total. The van der Waals surface area contributed by atoms with Crippen molar-refractivity contribution < 1.29 is 18.3 Å². The highest BCUT2D eigenvalue weighted by molar-refractivity contribution is 7.99. The van der Waals surface area contributed by atoms with Crippen LogP contribution in [0.25, 0.3) is 11.4 Å². The summed E-state index contributed by atoms with van der Waals surface area (Å²) in [6.45, 7) is -0.266. The van der Waals surface area contributed by atoms with Gasteiger partial charge in [0.25, 0.3) is 0 Å². The van der Waals surface area contributed by atoms with E-state index >= 15 is 0 Å².